The maximum Gasteiger partial charge on any atom is 0.471 e. The number of hydrogen-bond donors (Lipinski definition) is 4. The van der Waals surface area contributed by atoms with E-state index in [9.17, 15) is 18.0 Å². The van der Waals surface area contributed by atoms with Crippen molar-refractivity contribution in [1.29, 1.82) is 0 Å². The Labute approximate surface area is 163 Å². The molecule has 0 fully saturated rings. The van der Waals surface area contributed by atoms with Gasteiger partial charge in [0.15, 0.2) is 11.6 Å². The van der Waals surface area contributed by atoms with Crippen LogP contribution in [0.5, 0.6) is 0 Å². The van der Waals surface area contributed by atoms with Crippen LogP contribution in [0, 0.1) is 6.92 Å². The zero-order valence-electron chi connectivity index (χ0n) is 15.2. The number of aromatic nitrogens is 2. The summed E-state index contributed by atoms with van der Waals surface area (Å²) >= 11 is 0. The van der Waals surface area contributed by atoms with Crippen molar-refractivity contribution in [1.82, 2.24) is 9.97 Å². The van der Waals surface area contributed by atoms with Crippen molar-refractivity contribution in [3.8, 4) is 11.5 Å². The minimum absolute atomic E-state index is 0.00510. The van der Waals surface area contributed by atoms with E-state index < -0.39 is 12.1 Å². The second kappa shape index (κ2) is 7.70. The Hall–Kier alpha value is -3.76. The Bertz CT molecular complexity index is 1030. The predicted molar refractivity (Wildman–Crippen MR) is 102 cm³/mol. The second-order valence-electron chi connectivity index (χ2n) is 6.12. The Morgan fingerprint density at radius 3 is 2.59 bits per heavy atom. The molecule has 0 atom stereocenters. The second-order valence-corrected chi connectivity index (χ2v) is 6.12. The van der Waals surface area contributed by atoms with Crippen LogP contribution < -0.4 is 22.1 Å². The molecule has 152 valence electrons. The number of nitrogens with zero attached hydrogens (tertiary/aromatic N) is 2. The van der Waals surface area contributed by atoms with E-state index in [0.29, 0.717) is 17.0 Å². The zero-order valence-corrected chi connectivity index (χ0v) is 15.2. The first kappa shape index (κ1) is 20.0. The molecular formula is C18H17F3N6O2. The number of benzene rings is 1. The highest BCUT2D eigenvalue weighted by Crippen LogP contribution is 2.30. The zero-order chi connectivity index (χ0) is 21.2. The molecule has 1 amide bonds. The third-order valence-electron chi connectivity index (χ3n) is 3.97. The van der Waals surface area contributed by atoms with Crippen molar-refractivity contribution in [3.05, 3.63) is 47.7 Å². The number of nitrogens with one attached hydrogen (secondary N) is 2. The number of carbonyl (C=O) groups excluding carboxylic acids is 1. The number of rotatable bonds is 5. The average Bonchev–Trinajstić information content (AvgIpc) is 3.17. The van der Waals surface area contributed by atoms with Gasteiger partial charge in [0.2, 0.25) is 5.95 Å². The number of hydrogen-bond acceptors (Lipinski definition) is 7. The molecule has 0 spiro atoms. The van der Waals surface area contributed by atoms with Gasteiger partial charge in [0.25, 0.3) is 0 Å². The van der Waals surface area contributed by atoms with Gasteiger partial charge in [-0.25, -0.2) is 4.98 Å². The van der Waals surface area contributed by atoms with Crippen LogP contribution in [0.2, 0.25) is 0 Å². The normalized spacial score (nSPS) is 11.3. The van der Waals surface area contributed by atoms with Crippen LogP contribution in [-0.4, -0.2) is 22.1 Å². The van der Waals surface area contributed by atoms with E-state index in [1.807, 2.05) is 5.32 Å². The summed E-state index contributed by atoms with van der Waals surface area (Å²) < 4.78 is 42.5. The first-order valence-electron chi connectivity index (χ1n) is 8.33. The summed E-state index contributed by atoms with van der Waals surface area (Å²) in [4.78, 5) is 19.2. The Morgan fingerprint density at radius 2 is 1.97 bits per heavy atom. The highest BCUT2D eigenvalue weighted by molar-refractivity contribution is 5.95. The maximum absolute atomic E-state index is 12.4. The third-order valence-corrected chi connectivity index (χ3v) is 3.97. The lowest BCUT2D eigenvalue weighted by Gasteiger charge is -2.14. The van der Waals surface area contributed by atoms with Crippen molar-refractivity contribution < 1.29 is 22.4 Å². The highest BCUT2D eigenvalue weighted by atomic mass is 19.4. The number of aryl methyl sites for hydroxylation is 1. The summed E-state index contributed by atoms with van der Waals surface area (Å²) in [5, 5.41) is 4.86. The first-order chi connectivity index (χ1) is 13.6. The van der Waals surface area contributed by atoms with Crippen LogP contribution in [0.3, 0.4) is 0 Å². The molecular weight excluding hydrogens is 389 g/mol. The van der Waals surface area contributed by atoms with Gasteiger partial charge in [-0.15, -0.1) is 0 Å². The number of carbonyl (C=O) groups is 1. The molecule has 6 N–H and O–H groups in total. The maximum atomic E-state index is 12.4. The minimum atomic E-state index is -4.96. The fraction of sp³-hybridized carbons (Fsp3) is 0.167. The van der Waals surface area contributed by atoms with Gasteiger partial charge in [0, 0.05) is 12.2 Å². The topological polar surface area (TPSA) is 132 Å². The number of amides is 1. The van der Waals surface area contributed by atoms with Crippen LogP contribution in [0.25, 0.3) is 11.5 Å². The number of halogens is 3. The molecule has 2 heterocycles. The first-order valence-corrected chi connectivity index (χ1v) is 8.33. The van der Waals surface area contributed by atoms with E-state index in [2.05, 4.69) is 15.3 Å². The summed E-state index contributed by atoms with van der Waals surface area (Å²) in [6.45, 7) is 1.84. The summed E-state index contributed by atoms with van der Waals surface area (Å²) in [7, 11) is 0. The lowest BCUT2D eigenvalue weighted by molar-refractivity contribution is -0.167. The predicted octanol–water partition coefficient (Wildman–Crippen LogP) is 3.32. The van der Waals surface area contributed by atoms with E-state index >= 15 is 0 Å². The molecule has 3 rings (SSSR count). The number of nitrogens with two attached hydrogens (primary N) is 2. The average molecular weight is 406 g/mol. The highest BCUT2D eigenvalue weighted by Gasteiger charge is 2.38. The van der Waals surface area contributed by atoms with Crippen LogP contribution in [0.1, 0.15) is 11.1 Å². The van der Waals surface area contributed by atoms with E-state index in [1.54, 1.807) is 31.2 Å². The van der Waals surface area contributed by atoms with Crippen molar-refractivity contribution >= 4 is 29.0 Å². The van der Waals surface area contributed by atoms with Gasteiger partial charge in [-0.1, -0.05) is 12.1 Å². The Balaban J connectivity index is 1.75. The van der Waals surface area contributed by atoms with Crippen molar-refractivity contribution in [2.75, 3.05) is 22.1 Å². The summed E-state index contributed by atoms with van der Waals surface area (Å²) in [5.74, 6) is -1.31. The third kappa shape index (κ3) is 4.57. The fourth-order valence-corrected chi connectivity index (χ4v) is 2.58. The molecule has 1 aromatic carbocycles. The largest absolute Gasteiger partial charge is 0.471 e. The van der Waals surface area contributed by atoms with Crippen LogP contribution in [0.15, 0.2) is 41.0 Å². The molecule has 3 aromatic rings. The molecule has 8 nitrogen and oxygen atoms in total. The Morgan fingerprint density at radius 1 is 1.21 bits per heavy atom. The molecule has 0 radical (unpaired) electrons. The number of furan rings is 1. The molecule has 11 heteroatoms. The smallest absolute Gasteiger partial charge is 0.463 e. The van der Waals surface area contributed by atoms with Gasteiger partial charge >= 0.3 is 12.1 Å². The molecule has 0 bridgehead atoms. The van der Waals surface area contributed by atoms with Crippen LogP contribution in [0.4, 0.5) is 36.3 Å². The van der Waals surface area contributed by atoms with E-state index in [4.69, 9.17) is 15.9 Å². The SMILES string of the molecule is Cc1cc(CNc2nc(N)nc(-c3ccco3)c2N)ccc1NC(=O)C(F)(F)F. The molecule has 0 aliphatic carbocycles. The molecule has 2 aromatic heterocycles. The number of anilines is 4. The van der Waals surface area contributed by atoms with Crippen LogP contribution in [-0.2, 0) is 11.3 Å². The van der Waals surface area contributed by atoms with E-state index in [0.717, 1.165) is 5.56 Å². The molecule has 0 saturated carbocycles. The molecule has 0 unspecified atom stereocenters. The lowest BCUT2D eigenvalue weighted by Crippen LogP contribution is -2.30. The number of nitrogen functional groups attached to an aromatic ring is 2. The fourth-order valence-electron chi connectivity index (χ4n) is 2.58. The number of alkyl halides is 3. The van der Waals surface area contributed by atoms with Crippen molar-refractivity contribution in [3.63, 3.8) is 0 Å². The van der Waals surface area contributed by atoms with Crippen LogP contribution >= 0.6 is 0 Å². The van der Waals surface area contributed by atoms with E-state index in [1.165, 1.54) is 12.3 Å². The molecule has 0 saturated heterocycles. The van der Waals surface area contributed by atoms with Crippen molar-refractivity contribution in [2.24, 2.45) is 0 Å². The molecule has 0 aliphatic rings. The monoisotopic (exact) mass is 406 g/mol. The van der Waals surface area contributed by atoms with Gasteiger partial charge in [-0.3, -0.25) is 4.79 Å². The summed E-state index contributed by atoms with van der Waals surface area (Å²) in [5.41, 5.74) is 13.7. The van der Waals surface area contributed by atoms with Crippen molar-refractivity contribution in [2.45, 2.75) is 19.6 Å². The Kier molecular flexibility index (Phi) is 5.31. The summed E-state index contributed by atoms with van der Waals surface area (Å²) in [6.07, 6.45) is -3.48. The summed E-state index contributed by atoms with van der Waals surface area (Å²) in [6, 6.07) is 7.95. The quantitative estimate of drug-likeness (QED) is 0.511. The molecule has 29 heavy (non-hydrogen) atoms. The van der Waals surface area contributed by atoms with Gasteiger partial charge in [0.05, 0.1) is 6.26 Å². The van der Waals surface area contributed by atoms with Gasteiger partial charge < -0.3 is 26.5 Å². The minimum Gasteiger partial charge on any atom is -0.463 e. The molecule has 0 aliphatic heterocycles. The van der Waals surface area contributed by atoms with Gasteiger partial charge in [-0.2, -0.15) is 18.2 Å². The van der Waals surface area contributed by atoms with Gasteiger partial charge in [-0.05, 0) is 36.2 Å². The van der Waals surface area contributed by atoms with Gasteiger partial charge in [0.1, 0.15) is 11.4 Å². The standard InChI is InChI=1S/C18H17F3N6O2/c1-9-7-10(4-5-11(9)25-16(28)18(19,20)21)8-24-15-13(22)14(26-17(23)27-15)12-3-2-6-29-12/h2-7H,8,22H2,1H3,(H,25,28)(H3,23,24,26,27). The lowest BCUT2D eigenvalue weighted by atomic mass is 10.1. The van der Waals surface area contributed by atoms with E-state index in [-0.39, 0.29) is 29.7 Å².